The zero-order valence-electron chi connectivity index (χ0n) is 10.1. The monoisotopic (exact) mass is 258 g/mol. The Morgan fingerprint density at radius 1 is 1.53 bits per heavy atom. The van der Waals surface area contributed by atoms with Crippen LogP contribution in [0.5, 0.6) is 0 Å². The largest absolute Gasteiger partial charge is 0.392 e. The Balaban J connectivity index is 1.95. The van der Waals surface area contributed by atoms with Gasteiger partial charge in [0.05, 0.1) is 19.1 Å². The Labute approximate surface area is 105 Å². The Bertz CT molecular complexity index is 350. The van der Waals surface area contributed by atoms with Crippen molar-refractivity contribution in [3.63, 3.8) is 0 Å². The number of nitrogens with zero attached hydrogens (tertiary/aromatic N) is 2. The van der Waals surface area contributed by atoms with Crippen LogP contribution < -0.4 is 0 Å². The molecule has 2 rings (SSSR count). The number of rotatable bonds is 4. The molecule has 1 saturated heterocycles. The van der Waals surface area contributed by atoms with E-state index in [4.69, 9.17) is 9.26 Å². The van der Waals surface area contributed by atoms with Gasteiger partial charge in [0.15, 0.2) is 0 Å². The smallest absolute Gasteiger partial charge is 0.229 e. The van der Waals surface area contributed by atoms with Gasteiger partial charge in [-0.2, -0.15) is 16.7 Å². The lowest BCUT2D eigenvalue weighted by Gasteiger charge is -2.18. The van der Waals surface area contributed by atoms with E-state index in [9.17, 15) is 5.11 Å². The van der Waals surface area contributed by atoms with E-state index in [0.29, 0.717) is 18.1 Å². The average Bonchev–Trinajstić information content (AvgIpc) is 2.78. The summed E-state index contributed by atoms with van der Waals surface area (Å²) in [7, 11) is 0. The number of aromatic nitrogens is 2. The van der Waals surface area contributed by atoms with E-state index in [2.05, 4.69) is 10.1 Å². The summed E-state index contributed by atoms with van der Waals surface area (Å²) in [5.74, 6) is 3.16. The minimum absolute atomic E-state index is 0.0672. The van der Waals surface area contributed by atoms with Crippen molar-refractivity contribution >= 4 is 11.8 Å². The fraction of sp³-hybridized carbons (Fsp3) is 0.818. The van der Waals surface area contributed by atoms with Crippen molar-refractivity contribution in [1.29, 1.82) is 0 Å². The maximum atomic E-state index is 9.74. The van der Waals surface area contributed by atoms with Crippen LogP contribution in [0.25, 0.3) is 0 Å². The van der Waals surface area contributed by atoms with E-state index in [1.165, 1.54) is 0 Å². The molecule has 0 radical (unpaired) electrons. The van der Waals surface area contributed by atoms with Crippen LogP contribution in [0, 0.1) is 5.92 Å². The lowest BCUT2D eigenvalue weighted by molar-refractivity contribution is 0.0677. The van der Waals surface area contributed by atoms with Crippen LogP contribution in [-0.2, 0) is 11.2 Å². The van der Waals surface area contributed by atoms with Crippen LogP contribution in [0.4, 0.5) is 0 Å². The molecule has 1 aliphatic rings. The number of hydrogen-bond acceptors (Lipinski definition) is 6. The van der Waals surface area contributed by atoms with Gasteiger partial charge in [-0.25, -0.2) is 0 Å². The molecule has 0 aliphatic carbocycles. The highest BCUT2D eigenvalue weighted by Gasteiger charge is 2.23. The minimum Gasteiger partial charge on any atom is -0.392 e. The van der Waals surface area contributed by atoms with Crippen molar-refractivity contribution in [3.05, 3.63) is 11.7 Å². The van der Waals surface area contributed by atoms with Gasteiger partial charge >= 0.3 is 0 Å². The molecule has 0 aromatic carbocycles. The van der Waals surface area contributed by atoms with E-state index >= 15 is 0 Å². The molecule has 1 aromatic rings. The Hall–Kier alpha value is -0.590. The number of aliphatic hydroxyl groups excluding tert-OH is 1. The molecule has 0 spiro atoms. The third-order valence-electron chi connectivity index (χ3n) is 2.74. The standard InChI is InChI=1S/C11H18N2O3S/c1-7(2)8(14)5-10-12-11(13-16-10)9-6-17-4-3-15-9/h7-9,14H,3-6H2,1-2H3. The molecule has 5 nitrogen and oxygen atoms in total. The first-order valence-electron chi connectivity index (χ1n) is 5.86. The zero-order chi connectivity index (χ0) is 12.3. The predicted octanol–water partition coefficient (Wildman–Crippen LogP) is 1.43. The van der Waals surface area contributed by atoms with Gasteiger partial charge in [-0.1, -0.05) is 19.0 Å². The SMILES string of the molecule is CC(C)C(O)Cc1nc(C2CSCCO2)no1. The van der Waals surface area contributed by atoms with Crippen molar-refractivity contribution in [1.82, 2.24) is 10.1 Å². The summed E-state index contributed by atoms with van der Waals surface area (Å²) in [5, 5.41) is 13.7. The van der Waals surface area contributed by atoms with Crippen molar-refractivity contribution in [2.24, 2.45) is 5.92 Å². The third-order valence-corrected chi connectivity index (χ3v) is 3.73. The van der Waals surface area contributed by atoms with E-state index in [1.54, 1.807) is 0 Å². The normalized spacial score (nSPS) is 22.9. The molecule has 1 N–H and O–H groups in total. The Morgan fingerprint density at radius 2 is 2.35 bits per heavy atom. The van der Waals surface area contributed by atoms with Gasteiger partial charge < -0.3 is 14.4 Å². The van der Waals surface area contributed by atoms with Gasteiger partial charge in [-0.15, -0.1) is 0 Å². The lowest BCUT2D eigenvalue weighted by Crippen LogP contribution is -2.18. The van der Waals surface area contributed by atoms with Gasteiger partial charge in [0.1, 0.15) is 6.10 Å². The first-order valence-corrected chi connectivity index (χ1v) is 7.02. The molecule has 96 valence electrons. The second kappa shape index (κ2) is 5.84. The predicted molar refractivity (Wildman–Crippen MR) is 64.9 cm³/mol. The van der Waals surface area contributed by atoms with E-state index in [-0.39, 0.29) is 12.0 Å². The molecule has 1 aliphatic heterocycles. The quantitative estimate of drug-likeness (QED) is 0.881. The van der Waals surface area contributed by atoms with Crippen LogP contribution in [-0.4, -0.2) is 39.5 Å². The molecule has 0 amide bonds. The fourth-order valence-corrected chi connectivity index (χ4v) is 2.37. The van der Waals surface area contributed by atoms with Crippen molar-refractivity contribution in [3.8, 4) is 0 Å². The van der Waals surface area contributed by atoms with Crippen molar-refractivity contribution in [2.45, 2.75) is 32.5 Å². The molecule has 2 atom stereocenters. The van der Waals surface area contributed by atoms with Gasteiger partial charge in [-0.05, 0) is 5.92 Å². The molecule has 0 bridgehead atoms. The minimum atomic E-state index is -0.440. The van der Waals surface area contributed by atoms with Gasteiger partial charge in [0.2, 0.25) is 11.7 Å². The highest BCUT2D eigenvalue weighted by molar-refractivity contribution is 7.99. The summed E-state index contributed by atoms with van der Waals surface area (Å²) < 4.78 is 10.7. The van der Waals surface area contributed by atoms with Crippen LogP contribution >= 0.6 is 11.8 Å². The molecule has 2 unspecified atom stereocenters. The second-order valence-corrected chi connectivity index (χ2v) is 5.65. The average molecular weight is 258 g/mol. The number of aliphatic hydroxyl groups is 1. The molecule has 0 saturated carbocycles. The van der Waals surface area contributed by atoms with Gasteiger partial charge in [-0.3, -0.25) is 0 Å². The molecule has 17 heavy (non-hydrogen) atoms. The molecule has 1 fully saturated rings. The molecular formula is C11H18N2O3S. The summed E-state index contributed by atoms with van der Waals surface area (Å²) in [5.41, 5.74) is 0. The van der Waals surface area contributed by atoms with Gasteiger partial charge in [0, 0.05) is 11.5 Å². The van der Waals surface area contributed by atoms with Crippen LogP contribution in [0.15, 0.2) is 4.52 Å². The highest BCUT2D eigenvalue weighted by atomic mass is 32.2. The van der Waals surface area contributed by atoms with Crippen molar-refractivity contribution < 1.29 is 14.4 Å². The van der Waals surface area contributed by atoms with Crippen LogP contribution in [0.2, 0.25) is 0 Å². The Morgan fingerprint density at radius 3 is 3.00 bits per heavy atom. The first kappa shape index (κ1) is 12.9. The van der Waals surface area contributed by atoms with E-state index in [1.807, 2.05) is 25.6 Å². The summed E-state index contributed by atoms with van der Waals surface area (Å²) in [6, 6.07) is 0. The highest BCUT2D eigenvalue weighted by Crippen LogP contribution is 2.24. The van der Waals surface area contributed by atoms with Gasteiger partial charge in [0.25, 0.3) is 0 Å². The fourth-order valence-electron chi connectivity index (χ4n) is 1.53. The summed E-state index contributed by atoms with van der Waals surface area (Å²) in [6.45, 7) is 4.65. The summed E-state index contributed by atoms with van der Waals surface area (Å²) in [6.07, 6.45) is -0.0998. The topological polar surface area (TPSA) is 68.4 Å². The third kappa shape index (κ3) is 3.43. The first-order chi connectivity index (χ1) is 8.16. The number of hydrogen-bond donors (Lipinski definition) is 1. The molecule has 1 aromatic heterocycles. The second-order valence-electron chi connectivity index (χ2n) is 4.50. The summed E-state index contributed by atoms with van der Waals surface area (Å²) in [4.78, 5) is 4.28. The maximum Gasteiger partial charge on any atom is 0.229 e. The maximum absolute atomic E-state index is 9.74. The molecule has 6 heteroatoms. The lowest BCUT2D eigenvalue weighted by atomic mass is 10.0. The van der Waals surface area contributed by atoms with Crippen LogP contribution in [0.1, 0.15) is 31.7 Å². The van der Waals surface area contributed by atoms with Crippen molar-refractivity contribution in [2.75, 3.05) is 18.1 Å². The zero-order valence-corrected chi connectivity index (χ0v) is 10.9. The number of ether oxygens (including phenoxy) is 1. The Kier molecular flexibility index (Phi) is 4.42. The molecular weight excluding hydrogens is 240 g/mol. The van der Waals surface area contributed by atoms with E-state index in [0.717, 1.165) is 18.1 Å². The van der Waals surface area contributed by atoms with E-state index < -0.39 is 6.10 Å². The van der Waals surface area contributed by atoms with Crippen LogP contribution in [0.3, 0.4) is 0 Å². The summed E-state index contributed by atoms with van der Waals surface area (Å²) >= 11 is 1.83. The number of thioether (sulfide) groups is 1. The molecule has 2 heterocycles.